The van der Waals surface area contributed by atoms with Gasteiger partial charge in [-0.25, -0.2) is 4.98 Å². The van der Waals surface area contributed by atoms with Crippen molar-refractivity contribution in [3.8, 4) is 28.4 Å². The van der Waals surface area contributed by atoms with Gasteiger partial charge in [0.25, 0.3) is 0 Å². The van der Waals surface area contributed by atoms with E-state index in [-0.39, 0.29) is 21.7 Å². The fraction of sp³-hybridized carbons (Fsp3) is 0.293. The lowest BCUT2D eigenvalue weighted by molar-refractivity contribution is 0.483. The number of anilines is 4. The highest BCUT2D eigenvalue weighted by Gasteiger charge is 2.31. The Morgan fingerprint density at radius 1 is 0.460 bits per heavy atom. The third kappa shape index (κ3) is 7.99. The Kier molecular flexibility index (Phi) is 10.1. The maximum absolute atomic E-state index is 6.80. The summed E-state index contributed by atoms with van der Waals surface area (Å²) in [6, 6.07) is 50.7. The Bertz CT molecular complexity index is 2980. The molecule has 8 aromatic rings. The maximum Gasteiger partial charge on any atom is 0.137 e. The van der Waals surface area contributed by atoms with E-state index in [1.54, 1.807) is 0 Å². The summed E-state index contributed by atoms with van der Waals surface area (Å²) >= 11 is 0. The molecule has 0 N–H and O–H groups in total. The van der Waals surface area contributed by atoms with Crippen LogP contribution in [-0.2, 0) is 21.7 Å². The molecule has 63 heavy (non-hydrogen) atoms. The normalized spacial score (nSPS) is 13.6. The van der Waals surface area contributed by atoms with Gasteiger partial charge in [0.2, 0.25) is 0 Å². The van der Waals surface area contributed by atoms with Gasteiger partial charge in [-0.2, -0.15) is 0 Å². The summed E-state index contributed by atoms with van der Waals surface area (Å²) < 4.78 is 9.10. The topological polar surface area (TPSA) is 33.5 Å². The van der Waals surface area contributed by atoms with E-state index < -0.39 is 0 Å². The molecule has 0 unspecified atom stereocenters. The minimum Gasteiger partial charge on any atom is -0.457 e. The predicted octanol–water partition coefficient (Wildman–Crippen LogP) is 16.1. The van der Waals surface area contributed by atoms with Crippen LogP contribution >= 0.6 is 0 Å². The van der Waals surface area contributed by atoms with E-state index >= 15 is 0 Å². The van der Waals surface area contributed by atoms with Gasteiger partial charge >= 0.3 is 0 Å². The predicted molar refractivity (Wildman–Crippen MR) is 267 cm³/mol. The van der Waals surface area contributed by atoms with E-state index in [2.05, 4.69) is 243 Å². The van der Waals surface area contributed by atoms with Crippen LogP contribution in [0.2, 0.25) is 0 Å². The molecular formula is C58H62N4O. The molecule has 0 atom stereocenters. The molecule has 2 aromatic heterocycles. The van der Waals surface area contributed by atoms with E-state index in [1.165, 1.54) is 55.8 Å². The van der Waals surface area contributed by atoms with Gasteiger partial charge < -0.3 is 14.5 Å². The molecule has 0 bridgehead atoms. The Balaban J connectivity index is 1.08. The molecule has 1 aliphatic heterocycles. The summed E-state index contributed by atoms with van der Waals surface area (Å²) in [7, 11) is 0. The van der Waals surface area contributed by atoms with Crippen molar-refractivity contribution >= 4 is 44.6 Å². The highest BCUT2D eigenvalue weighted by molar-refractivity contribution is 6.09. The van der Waals surface area contributed by atoms with Gasteiger partial charge in [-0.1, -0.05) is 150 Å². The lowest BCUT2D eigenvalue weighted by Gasteiger charge is -2.29. The number of benzene rings is 6. The van der Waals surface area contributed by atoms with Gasteiger partial charge in [0.15, 0.2) is 0 Å². The van der Waals surface area contributed by atoms with Gasteiger partial charge in [-0.05, 0) is 110 Å². The first-order chi connectivity index (χ1) is 29.7. The van der Waals surface area contributed by atoms with Crippen LogP contribution in [-0.4, -0.2) is 16.2 Å². The molecule has 0 fully saturated rings. The molecule has 0 amide bonds. The zero-order valence-corrected chi connectivity index (χ0v) is 39.3. The molecule has 0 aliphatic carbocycles. The van der Waals surface area contributed by atoms with Gasteiger partial charge in [-0.3, -0.25) is 4.57 Å². The molecule has 3 heterocycles. The third-order valence-corrected chi connectivity index (χ3v) is 12.7. The van der Waals surface area contributed by atoms with Crippen LogP contribution in [0, 0.1) is 0 Å². The number of fused-ring (bicyclic) bond motifs is 4. The van der Waals surface area contributed by atoms with Crippen LogP contribution in [0.25, 0.3) is 38.8 Å². The van der Waals surface area contributed by atoms with Crippen molar-refractivity contribution in [2.75, 3.05) is 16.5 Å². The number of pyridine rings is 1. The molecule has 5 heteroatoms. The Labute approximate surface area is 375 Å². The van der Waals surface area contributed by atoms with Crippen LogP contribution in [0.3, 0.4) is 0 Å². The molecule has 0 radical (unpaired) electrons. The number of ether oxygens (including phenoxy) is 1. The molecule has 320 valence electrons. The largest absolute Gasteiger partial charge is 0.457 e. The molecule has 0 saturated carbocycles. The van der Waals surface area contributed by atoms with Crippen LogP contribution < -0.4 is 14.5 Å². The second-order valence-corrected chi connectivity index (χ2v) is 21.6. The average Bonchev–Trinajstić information content (AvgIpc) is 3.78. The number of para-hydroxylation sites is 3. The van der Waals surface area contributed by atoms with Gasteiger partial charge in [-0.15, -0.1) is 0 Å². The van der Waals surface area contributed by atoms with E-state index in [9.17, 15) is 0 Å². The summed E-state index contributed by atoms with van der Waals surface area (Å²) in [5.41, 5.74) is 14.4. The standard InChI is InChI=1S/C58H62N4O/c1-55(2,3)39-20-17-19-38(29-39)48-36-59-54(35-49(48)58(10,11)12)62-50-24-14-13-23-46(50)47-28-27-45(34-53(47)62)63-44-22-18-21-42(33-44)60-37-61(52-26-16-15-25-51(52)60)43-31-40(56(4,5)6)30-41(32-43)57(7,8)9/h13-36H,37H2,1-12H3. The van der Waals surface area contributed by atoms with Gasteiger partial charge in [0.1, 0.15) is 24.0 Å². The van der Waals surface area contributed by atoms with Crippen molar-refractivity contribution in [2.24, 2.45) is 0 Å². The molecule has 5 nitrogen and oxygen atoms in total. The van der Waals surface area contributed by atoms with E-state index in [4.69, 9.17) is 9.72 Å². The highest BCUT2D eigenvalue weighted by atomic mass is 16.5. The van der Waals surface area contributed by atoms with Crippen LogP contribution in [0.4, 0.5) is 22.7 Å². The monoisotopic (exact) mass is 830 g/mol. The van der Waals surface area contributed by atoms with Crippen LogP contribution in [0.5, 0.6) is 11.5 Å². The van der Waals surface area contributed by atoms with E-state index in [0.29, 0.717) is 6.67 Å². The van der Waals surface area contributed by atoms with Crippen LogP contribution in [0.15, 0.2) is 146 Å². The number of hydrogen-bond acceptors (Lipinski definition) is 4. The molecule has 9 rings (SSSR count). The minimum absolute atomic E-state index is 0.0214. The van der Waals surface area contributed by atoms with Crippen LogP contribution in [0.1, 0.15) is 105 Å². The summed E-state index contributed by atoms with van der Waals surface area (Å²) in [6.45, 7) is 28.2. The zero-order valence-electron chi connectivity index (χ0n) is 39.3. The van der Waals surface area contributed by atoms with Crippen molar-refractivity contribution in [1.82, 2.24) is 9.55 Å². The fourth-order valence-corrected chi connectivity index (χ4v) is 8.97. The Morgan fingerprint density at radius 3 is 1.73 bits per heavy atom. The third-order valence-electron chi connectivity index (χ3n) is 12.7. The smallest absolute Gasteiger partial charge is 0.137 e. The number of rotatable bonds is 6. The second kappa shape index (κ2) is 15.2. The van der Waals surface area contributed by atoms with Crippen molar-refractivity contribution in [1.29, 1.82) is 0 Å². The van der Waals surface area contributed by atoms with E-state index in [1.807, 2.05) is 0 Å². The summed E-state index contributed by atoms with van der Waals surface area (Å²) in [4.78, 5) is 10.1. The highest BCUT2D eigenvalue weighted by Crippen LogP contribution is 2.47. The molecule has 6 aromatic carbocycles. The molecule has 1 aliphatic rings. The van der Waals surface area contributed by atoms with E-state index in [0.717, 1.165) is 39.4 Å². The van der Waals surface area contributed by atoms with Crippen molar-refractivity contribution < 1.29 is 4.74 Å². The van der Waals surface area contributed by atoms with Gasteiger partial charge in [0, 0.05) is 46.0 Å². The zero-order chi connectivity index (χ0) is 44.6. The first-order valence-corrected chi connectivity index (χ1v) is 22.5. The SMILES string of the molecule is CC(C)(C)c1cccc(-c2cnc(-n3c4ccccc4c4ccc(Oc5cccc(N6CN(c7cc(C(C)(C)C)cc(C(C)(C)C)c7)c7ccccc76)c5)cc43)cc2C(C)(C)C)c1. The number of aromatic nitrogens is 2. The first kappa shape index (κ1) is 42.0. The fourth-order valence-electron chi connectivity index (χ4n) is 8.97. The first-order valence-electron chi connectivity index (χ1n) is 22.5. The molecular weight excluding hydrogens is 769 g/mol. The van der Waals surface area contributed by atoms with Crippen molar-refractivity contribution in [2.45, 2.75) is 105 Å². The summed E-state index contributed by atoms with van der Waals surface area (Å²) in [5.74, 6) is 2.44. The average molecular weight is 831 g/mol. The molecule has 0 saturated heterocycles. The quantitative estimate of drug-likeness (QED) is 0.167. The van der Waals surface area contributed by atoms with Crippen molar-refractivity contribution in [3.05, 3.63) is 168 Å². The number of nitrogens with zero attached hydrogens (tertiary/aromatic N) is 4. The van der Waals surface area contributed by atoms with Gasteiger partial charge in [0.05, 0.1) is 22.4 Å². The Hall–Kier alpha value is -6.33. The molecule has 0 spiro atoms. The lowest BCUT2D eigenvalue weighted by atomic mass is 9.80. The minimum atomic E-state index is -0.123. The Morgan fingerprint density at radius 2 is 1.06 bits per heavy atom. The summed E-state index contributed by atoms with van der Waals surface area (Å²) in [6.07, 6.45) is 2.08. The second-order valence-electron chi connectivity index (χ2n) is 21.6. The lowest BCUT2D eigenvalue weighted by Crippen LogP contribution is -2.25. The number of hydrogen-bond donors (Lipinski definition) is 0. The van der Waals surface area contributed by atoms with Crippen molar-refractivity contribution in [3.63, 3.8) is 0 Å². The summed E-state index contributed by atoms with van der Waals surface area (Å²) in [5, 5.41) is 2.34. The maximum atomic E-state index is 6.80.